The van der Waals surface area contributed by atoms with Crippen LogP contribution in [0.4, 0.5) is 16.2 Å². The van der Waals surface area contributed by atoms with Crippen LogP contribution in [0.5, 0.6) is 0 Å². The third kappa shape index (κ3) is 5.01. The Kier molecular flexibility index (Phi) is 7.37. The highest BCUT2D eigenvalue weighted by Gasteiger charge is 2.22. The number of urea groups is 1. The van der Waals surface area contributed by atoms with Crippen molar-refractivity contribution < 1.29 is 9.53 Å². The van der Waals surface area contributed by atoms with E-state index in [1.807, 2.05) is 4.90 Å². The highest BCUT2D eigenvalue weighted by Crippen LogP contribution is 2.26. The van der Waals surface area contributed by atoms with E-state index in [0.29, 0.717) is 13.2 Å². The second-order valence-corrected chi connectivity index (χ2v) is 6.34. The maximum atomic E-state index is 12.1. The molecule has 1 saturated heterocycles. The summed E-state index contributed by atoms with van der Waals surface area (Å²) in [7, 11) is 1.64. The predicted molar refractivity (Wildman–Crippen MR) is 104 cm³/mol. The van der Waals surface area contributed by atoms with Gasteiger partial charge in [-0.25, -0.2) is 4.79 Å². The van der Waals surface area contributed by atoms with Crippen LogP contribution in [-0.4, -0.2) is 70.5 Å². The van der Waals surface area contributed by atoms with E-state index in [2.05, 4.69) is 54.1 Å². The lowest BCUT2D eigenvalue weighted by atomic mass is 10.1. The number of rotatable bonds is 7. The minimum absolute atomic E-state index is 0.00491. The summed E-state index contributed by atoms with van der Waals surface area (Å²) in [6.07, 6.45) is 0. The number of piperazine rings is 1. The maximum absolute atomic E-state index is 12.1. The molecule has 1 aromatic carbocycles. The summed E-state index contributed by atoms with van der Waals surface area (Å²) in [5.41, 5.74) is 3.85. The average molecular weight is 348 g/mol. The van der Waals surface area contributed by atoms with Crippen molar-refractivity contribution in [3.05, 3.63) is 23.8 Å². The molecule has 1 heterocycles. The van der Waals surface area contributed by atoms with Gasteiger partial charge in [-0.1, -0.05) is 0 Å². The van der Waals surface area contributed by atoms with Gasteiger partial charge in [0.15, 0.2) is 0 Å². The summed E-state index contributed by atoms with van der Waals surface area (Å²) in [5, 5.41) is 2.89. The zero-order valence-corrected chi connectivity index (χ0v) is 16.0. The molecule has 1 fully saturated rings. The molecule has 1 aliphatic rings. The van der Waals surface area contributed by atoms with Crippen molar-refractivity contribution >= 4 is 17.4 Å². The maximum Gasteiger partial charge on any atom is 0.317 e. The standard InChI is InChI=1S/C19H32N4O2/c1-5-21(6-2)17-7-8-18(16(3)15-17)22-10-12-23(13-11-22)19(24)20-9-14-25-4/h7-8,15H,5-6,9-14H2,1-4H3,(H,20,24). The Bertz CT molecular complexity index is 552. The number of amides is 2. The largest absolute Gasteiger partial charge is 0.383 e. The topological polar surface area (TPSA) is 48.0 Å². The fraction of sp³-hybridized carbons (Fsp3) is 0.632. The van der Waals surface area contributed by atoms with Crippen molar-refractivity contribution in [2.45, 2.75) is 20.8 Å². The van der Waals surface area contributed by atoms with Gasteiger partial charge in [-0.05, 0) is 44.5 Å². The number of hydrogen-bond acceptors (Lipinski definition) is 4. The number of ether oxygens (including phenoxy) is 1. The fourth-order valence-corrected chi connectivity index (χ4v) is 3.30. The van der Waals surface area contributed by atoms with Crippen molar-refractivity contribution in [3.63, 3.8) is 0 Å². The Morgan fingerprint density at radius 1 is 1.20 bits per heavy atom. The Hall–Kier alpha value is -1.95. The lowest BCUT2D eigenvalue weighted by molar-refractivity contribution is 0.177. The minimum atomic E-state index is 0.00491. The first-order valence-corrected chi connectivity index (χ1v) is 9.23. The van der Waals surface area contributed by atoms with E-state index >= 15 is 0 Å². The molecule has 25 heavy (non-hydrogen) atoms. The molecule has 0 spiro atoms. The van der Waals surface area contributed by atoms with Gasteiger partial charge in [0.25, 0.3) is 0 Å². The molecule has 1 aliphatic heterocycles. The van der Waals surface area contributed by atoms with Crippen LogP contribution >= 0.6 is 0 Å². The zero-order valence-electron chi connectivity index (χ0n) is 16.0. The third-order valence-electron chi connectivity index (χ3n) is 4.80. The lowest BCUT2D eigenvalue weighted by Gasteiger charge is -2.37. The van der Waals surface area contributed by atoms with Gasteiger partial charge in [0.05, 0.1) is 6.61 Å². The van der Waals surface area contributed by atoms with Gasteiger partial charge in [-0.3, -0.25) is 0 Å². The van der Waals surface area contributed by atoms with Gasteiger partial charge in [-0.15, -0.1) is 0 Å². The van der Waals surface area contributed by atoms with Gasteiger partial charge < -0.3 is 24.8 Å². The molecule has 0 saturated carbocycles. The number of nitrogens with one attached hydrogen (secondary N) is 1. The lowest BCUT2D eigenvalue weighted by Crippen LogP contribution is -2.52. The minimum Gasteiger partial charge on any atom is -0.383 e. The van der Waals surface area contributed by atoms with Crippen LogP contribution < -0.4 is 15.1 Å². The number of carbonyl (C=O) groups excluding carboxylic acids is 1. The van der Waals surface area contributed by atoms with Crippen LogP contribution in [0.25, 0.3) is 0 Å². The van der Waals surface area contributed by atoms with E-state index in [0.717, 1.165) is 39.3 Å². The van der Waals surface area contributed by atoms with E-state index in [4.69, 9.17) is 4.74 Å². The van der Waals surface area contributed by atoms with Gasteiger partial charge in [0.2, 0.25) is 0 Å². The van der Waals surface area contributed by atoms with E-state index in [1.165, 1.54) is 16.9 Å². The zero-order chi connectivity index (χ0) is 18.2. The van der Waals surface area contributed by atoms with Crippen molar-refractivity contribution in [3.8, 4) is 0 Å². The molecule has 140 valence electrons. The Balaban J connectivity index is 1.93. The molecule has 1 aromatic rings. The number of carbonyl (C=O) groups is 1. The molecule has 6 nitrogen and oxygen atoms in total. The average Bonchev–Trinajstić information content (AvgIpc) is 2.63. The molecule has 2 amide bonds. The van der Waals surface area contributed by atoms with Crippen LogP contribution in [-0.2, 0) is 4.74 Å². The van der Waals surface area contributed by atoms with Crippen molar-refractivity contribution in [1.29, 1.82) is 0 Å². The third-order valence-corrected chi connectivity index (χ3v) is 4.80. The molecule has 1 N–H and O–H groups in total. The number of nitrogens with zero attached hydrogens (tertiary/aromatic N) is 3. The van der Waals surface area contributed by atoms with Gasteiger partial charge in [0, 0.05) is 64.3 Å². The molecule has 0 unspecified atom stereocenters. The smallest absolute Gasteiger partial charge is 0.317 e. The SMILES string of the molecule is CCN(CC)c1ccc(N2CCN(C(=O)NCCOC)CC2)c(C)c1. The van der Waals surface area contributed by atoms with E-state index < -0.39 is 0 Å². The highest BCUT2D eigenvalue weighted by atomic mass is 16.5. The molecule has 0 aliphatic carbocycles. The van der Waals surface area contributed by atoms with Crippen molar-refractivity contribution in [2.24, 2.45) is 0 Å². The summed E-state index contributed by atoms with van der Waals surface area (Å²) in [6, 6.07) is 6.70. The summed E-state index contributed by atoms with van der Waals surface area (Å²) < 4.78 is 4.97. The monoisotopic (exact) mass is 348 g/mol. The van der Waals surface area contributed by atoms with Gasteiger partial charge in [-0.2, -0.15) is 0 Å². The van der Waals surface area contributed by atoms with Crippen LogP contribution in [0.15, 0.2) is 18.2 Å². The second kappa shape index (κ2) is 9.51. The molecule has 2 rings (SSSR count). The molecular weight excluding hydrogens is 316 g/mol. The van der Waals surface area contributed by atoms with Crippen molar-refractivity contribution in [2.75, 3.05) is 69.3 Å². The molecule has 0 radical (unpaired) electrons. The highest BCUT2D eigenvalue weighted by molar-refractivity contribution is 5.74. The summed E-state index contributed by atoms with van der Waals surface area (Å²) in [5.74, 6) is 0. The first-order valence-electron chi connectivity index (χ1n) is 9.23. The quantitative estimate of drug-likeness (QED) is 0.768. The van der Waals surface area contributed by atoms with Crippen LogP contribution in [0.2, 0.25) is 0 Å². The first kappa shape index (κ1) is 19.4. The number of aryl methyl sites for hydroxylation is 1. The Morgan fingerprint density at radius 2 is 1.88 bits per heavy atom. The van der Waals surface area contributed by atoms with Gasteiger partial charge >= 0.3 is 6.03 Å². The Labute approximate surface area is 151 Å². The molecule has 0 bridgehead atoms. The normalized spacial score (nSPS) is 14.6. The predicted octanol–water partition coefficient (Wildman–Crippen LogP) is 2.32. The van der Waals surface area contributed by atoms with Crippen LogP contribution in [0, 0.1) is 6.92 Å². The van der Waals surface area contributed by atoms with E-state index in [-0.39, 0.29) is 6.03 Å². The molecule has 6 heteroatoms. The number of hydrogen-bond donors (Lipinski definition) is 1. The molecular formula is C19H32N4O2. The summed E-state index contributed by atoms with van der Waals surface area (Å²) in [6.45, 7) is 12.9. The molecule has 0 atom stereocenters. The van der Waals surface area contributed by atoms with E-state index in [9.17, 15) is 4.79 Å². The molecule has 0 aromatic heterocycles. The van der Waals surface area contributed by atoms with Crippen LogP contribution in [0.3, 0.4) is 0 Å². The summed E-state index contributed by atoms with van der Waals surface area (Å²) >= 11 is 0. The van der Waals surface area contributed by atoms with Crippen molar-refractivity contribution in [1.82, 2.24) is 10.2 Å². The Morgan fingerprint density at radius 3 is 2.44 bits per heavy atom. The fourth-order valence-electron chi connectivity index (χ4n) is 3.30. The van der Waals surface area contributed by atoms with Crippen LogP contribution in [0.1, 0.15) is 19.4 Å². The first-order chi connectivity index (χ1) is 12.1. The van der Waals surface area contributed by atoms with E-state index in [1.54, 1.807) is 7.11 Å². The summed E-state index contributed by atoms with van der Waals surface area (Å²) in [4.78, 5) is 18.7. The second-order valence-electron chi connectivity index (χ2n) is 6.34. The number of methoxy groups -OCH3 is 1. The van der Waals surface area contributed by atoms with Gasteiger partial charge in [0.1, 0.15) is 0 Å². The number of anilines is 2. The number of benzene rings is 1.